The fourth-order valence-corrected chi connectivity index (χ4v) is 3.03. The summed E-state index contributed by atoms with van der Waals surface area (Å²) in [5, 5.41) is 0. The molecule has 0 N–H and O–H groups in total. The van der Waals surface area contributed by atoms with E-state index in [2.05, 4.69) is 0 Å². The van der Waals surface area contributed by atoms with Crippen molar-refractivity contribution in [3.05, 3.63) is 47.7 Å². The van der Waals surface area contributed by atoms with Gasteiger partial charge in [-0.2, -0.15) is 0 Å². The van der Waals surface area contributed by atoms with Gasteiger partial charge in [0.15, 0.2) is 0 Å². The van der Waals surface area contributed by atoms with Gasteiger partial charge in [-0.05, 0) is 38.3 Å². The van der Waals surface area contributed by atoms with E-state index < -0.39 is 12.3 Å². The predicted octanol–water partition coefficient (Wildman–Crippen LogP) is 3.19. The Kier molecular flexibility index (Phi) is 5.21. The molecule has 1 saturated carbocycles. The summed E-state index contributed by atoms with van der Waals surface area (Å²) in [6, 6.07) is 9.92. The summed E-state index contributed by atoms with van der Waals surface area (Å²) in [5.41, 5.74) is 0.873. The summed E-state index contributed by atoms with van der Waals surface area (Å²) >= 11 is 0. The zero-order chi connectivity index (χ0) is 17.0. The van der Waals surface area contributed by atoms with Gasteiger partial charge in [-0.1, -0.05) is 30.3 Å². The highest BCUT2D eigenvalue weighted by molar-refractivity contribution is 5.86. The van der Waals surface area contributed by atoms with Crippen LogP contribution in [0.3, 0.4) is 0 Å². The Labute approximate surface area is 142 Å². The average molecular weight is 332 g/mol. The van der Waals surface area contributed by atoms with Crippen molar-refractivity contribution < 1.29 is 23.7 Å². The van der Waals surface area contributed by atoms with E-state index in [1.54, 1.807) is 13.0 Å². The zero-order valence-electron chi connectivity index (χ0n) is 14.2. The third-order valence-corrected chi connectivity index (χ3v) is 4.47. The summed E-state index contributed by atoms with van der Waals surface area (Å²) in [5.74, 6) is -0.281. The van der Waals surface area contributed by atoms with Crippen LogP contribution in [0.5, 0.6) is 0 Å². The van der Waals surface area contributed by atoms with Crippen LogP contribution in [0.4, 0.5) is 0 Å². The lowest BCUT2D eigenvalue weighted by atomic mass is 9.95. The largest absolute Gasteiger partial charge is 0.460 e. The Balaban J connectivity index is 1.75. The van der Waals surface area contributed by atoms with Gasteiger partial charge < -0.3 is 18.9 Å². The molecule has 0 unspecified atom stereocenters. The molecule has 24 heavy (non-hydrogen) atoms. The smallest absolute Gasteiger partial charge is 0.373 e. The Morgan fingerprint density at radius 1 is 1.17 bits per heavy atom. The summed E-state index contributed by atoms with van der Waals surface area (Å²) < 4.78 is 22.8. The number of ether oxygens (including phenoxy) is 4. The van der Waals surface area contributed by atoms with Crippen molar-refractivity contribution in [2.45, 2.75) is 45.7 Å². The van der Waals surface area contributed by atoms with Crippen molar-refractivity contribution in [2.24, 2.45) is 5.41 Å². The minimum absolute atomic E-state index is 0.184. The molecule has 1 heterocycles. The van der Waals surface area contributed by atoms with Crippen molar-refractivity contribution >= 4 is 5.97 Å². The predicted molar refractivity (Wildman–Crippen MR) is 87.9 cm³/mol. The number of carbonyl (C=O) groups is 1. The van der Waals surface area contributed by atoms with E-state index in [1.165, 1.54) is 0 Å². The first-order valence-electron chi connectivity index (χ1n) is 8.52. The van der Waals surface area contributed by atoms with Crippen LogP contribution in [0.15, 0.2) is 42.2 Å². The minimum Gasteiger partial charge on any atom is -0.460 e. The van der Waals surface area contributed by atoms with Crippen molar-refractivity contribution in [1.29, 1.82) is 0 Å². The molecule has 0 radical (unpaired) electrons. The highest BCUT2D eigenvalue weighted by Gasteiger charge is 2.60. The highest BCUT2D eigenvalue weighted by Crippen LogP contribution is 2.57. The molecule has 5 nitrogen and oxygen atoms in total. The van der Waals surface area contributed by atoms with Crippen molar-refractivity contribution in [2.75, 3.05) is 13.2 Å². The Morgan fingerprint density at radius 3 is 2.54 bits per heavy atom. The van der Waals surface area contributed by atoms with Gasteiger partial charge in [0, 0.05) is 6.61 Å². The van der Waals surface area contributed by atoms with Crippen LogP contribution in [0.25, 0.3) is 0 Å². The lowest BCUT2D eigenvalue weighted by Gasteiger charge is -2.36. The van der Waals surface area contributed by atoms with Crippen LogP contribution in [0.2, 0.25) is 0 Å². The molecule has 5 heteroatoms. The average Bonchev–Trinajstić information content (AvgIpc) is 3.38. The van der Waals surface area contributed by atoms with E-state index in [9.17, 15) is 4.79 Å². The lowest BCUT2D eigenvalue weighted by Crippen LogP contribution is -2.43. The molecule has 1 aromatic carbocycles. The number of hydrogen-bond donors (Lipinski definition) is 0. The summed E-state index contributed by atoms with van der Waals surface area (Å²) in [6.07, 6.45) is 2.99. The first-order valence-corrected chi connectivity index (χ1v) is 8.52. The molecular formula is C19H24O5. The number of carbonyl (C=O) groups excluding carboxylic acids is 1. The molecule has 1 fully saturated rings. The van der Waals surface area contributed by atoms with Crippen LogP contribution >= 0.6 is 0 Å². The molecule has 0 aromatic heterocycles. The van der Waals surface area contributed by atoms with Crippen molar-refractivity contribution in [1.82, 2.24) is 0 Å². The Bertz CT molecular complexity index is 591. The van der Waals surface area contributed by atoms with Gasteiger partial charge >= 0.3 is 5.97 Å². The van der Waals surface area contributed by atoms with E-state index in [0.717, 1.165) is 18.4 Å². The molecule has 0 amide bonds. The van der Waals surface area contributed by atoms with Gasteiger partial charge in [-0.3, -0.25) is 0 Å². The second-order valence-corrected chi connectivity index (χ2v) is 6.11. The molecule has 1 spiro atoms. The zero-order valence-corrected chi connectivity index (χ0v) is 14.2. The van der Waals surface area contributed by atoms with E-state index in [4.69, 9.17) is 18.9 Å². The van der Waals surface area contributed by atoms with Gasteiger partial charge in [0.05, 0.1) is 24.7 Å². The van der Waals surface area contributed by atoms with Gasteiger partial charge in [0.25, 0.3) is 0 Å². The maximum absolute atomic E-state index is 12.1. The lowest BCUT2D eigenvalue weighted by molar-refractivity contribution is -0.206. The second kappa shape index (κ2) is 7.36. The molecule has 2 aliphatic rings. The fourth-order valence-electron chi connectivity index (χ4n) is 3.03. The normalized spacial score (nSPS) is 24.2. The van der Waals surface area contributed by atoms with Crippen LogP contribution in [0, 0.1) is 5.41 Å². The third-order valence-electron chi connectivity index (χ3n) is 4.47. The Morgan fingerprint density at radius 2 is 1.92 bits per heavy atom. The monoisotopic (exact) mass is 332 g/mol. The molecule has 0 bridgehead atoms. The van der Waals surface area contributed by atoms with Gasteiger partial charge in [-0.25, -0.2) is 4.79 Å². The number of rotatable bonds is 7. The molecule has 0 saturated heterocycles. The second-order valence-electron chi connectivity index (χ2n) is 6.11. The van der Waals surface area contributed by atoms with E-state index in [-0.39, 0.29) is 17.3 Å². The molecule has 130 valence electrons. The van der Waals surface area contributed by atoms with Crippen LogP contribution in [-0.2, 0) is 30.3 Å². The summed E-state index contributed by atoms with van der Waals surface area (Å²) in [7, 11) is 0. The van der Waals surface area contributed by atoms with E-state index >= 15 is 0 Å². The van der Waals surface area contributed by atoms with Crippen LogP contribution < -0.4 is 0 Å². The van der Waals surface area contributed by atoms with Gasteiger partial charge in [-0.15, -0.1) is 0 Å². The molecular weight excluding hydrogens is 308 g/mol. The summed E-state index contributed by atoms with van der Waals surface area (Å²) in [6.45, 7) is 5.03. The van der Waals surface area contributed by atoms with Crippen molar-refractivity contribution in [3.8, 4) is 0 Å². The standard InChI is InChI=1S/C19H24O5/c1-3-21-16-12-15(17(20)22-4-2)24-18(19(16)10-11-19)23-13-14-8-6-5-7-9-14/h5-9,12,16,18H,3-4,10-11,13H2,1-2H3/t16-,18+/m1/s1. The first kappa shape index (κ1) is 17.0. The molecule has 1 aliphatic carbocycles. The van der Waals surface area contributed by atoms with Gasteiger partial charge in [0.2, 0.25) is 12.0 Å². The first-order chi connectivity index (χ1) is 11.7. The van der Waals surface area contributed by atoms with Gasteiger partial charge in [0.1, 0.15) is 0 Å². The van der Waals surface area contributed by atoms with Crippen LogP contribution in [0.1, 0.15) is 32.3 Å². The molecule has 3 rings (SSSR count). The topological polar surface area (TPSA) is 54.0 Å². The molecule has 1 aliphatic heterocycles. The number of esters is 1. The van der Waals surface area contributed by atoms with Crippen LogP contribution in [-0.4, -0.2) is 31.6 Å². The maximum Gasteiger partial charge on any atom is 0.373 e. The Hall–Kier alpha value is -1.85. The quantitative estimate of drug-likeness (QED) is 0.718. The molecule has 2 atom stereocenters. The number of benzene rings is 1. The highest BCUT2D eigenvalue weighted by atomic mass is 16.7. The van der Waals surface area contributed by atoms with E-state index in [0.29, 0.717) is 19.8 Å². The minimum atomic E-state index is -0.501. The maximum atomic E-state index is 12.1. The fraction of sp³-hybridized carbons (Fsp3) is 0.526. The third kappa shape index (κ3) is 3.47. The summed E-state index contributed by atoms with van der Waals surface area (Å²) in [4.78, 5) is 12.1. The number of hydrogen-bond acceptors (Lipinski definition) is 5. The SMILES string of the molecule is CCOC(=O)C1=C[C@@H](OCC)C2(CC2)[C@@H](OCc2ccccc2)O1. The van der Waals surface area contributed by atoms with E-state index in [1.807, 2.05) is 37.3 Å². The molecule has 1 aromatic rings. The van der Waals surface area contributed by atoms with Crippen molar-refractivity contribution in [3.63, 3.8) is 0 Å².